The second-order valence-corrected chi connectivity index (χ2v) is 6.77. The molecule has 0 atom stereocenters. The quantitative estimate of drug-likeness (QED) is 0.482. The van der Waals surface area contributed by atoms with Gasteiger partial charge in [0.1, 0.15) is 0 Å². The van der Waals surface area contributed by atoms with Gasteiger partial charge in [0.15, 0.2) is 0 Å². The number of hydrogen-bond acceptors (Lipinski definition) is 3. The Hall–Kier alpha value is -3.41. The van der Waals surface area contributed by atoms with E-state index in [1.807, 2.05) is 42.6 Å². The number of aromatic nitrogens is 2. The molecule has 5 aromatic rings. The van der Waals surface area contributed by atoms with Gasteiger partial charge in [0.05, 0.1) is 16.6 Å². The lowest BCUT2D eigenvalue weighted by atomic mass is 9.79. The summed E-state index contributed by atoms with van der Waals surface area (Å²) in [4.78, 5) is 4.64. The van der Waals surface area contributed by atoms with Crippen molar-refractivity contribution >= 4 is 34.5 Å². The molecule has 0 saturated heterocycles. The van der Waals surface area contributed by atoms with Crippen LogP contribution in [0, 0.1) is 0 Å². The van der Waals surface area contributed by atoms with E-state index in [2.05, 4.69) is 45.9 Å². The maximum Gasteiger partial charge on any atom is 0.488 e. The molecular weight excluding hydrogens is 347 g/mol. The molecule has 134 valence electrons. The summed E-state index contributed by atoms with van der Waals surface area (Å²) in [7, 11) is -1.48. The molecule has 0 unspecified atom stereocenters. The molecule has 0 fully saturated rings. The Balaban J connectivity index is 1.78. The Morgan fingerprint density at radius 2 is 1.54 bits per heavy atom. The second-order valence-electron chi connectivity index (χ2n) is 6.77. The van der Waals surface area contributed by atoms with Gasteiger partial charge in [0.2, 0.25) is 0 Å². The van der Waals surface area contributed by atoms with E-state index < -0.39 is 7.12 Å². The van der Waals surface area contributed by atoms with Gasteiger partial charge in [-0.25, -0.2) is 0 Å². The molecule has 0 bridgehead atoms. The van der Waals surface area contributed by atoms with Gasteiger partial charge in [0, 0.05) is 17.3 Å². The predicted molar refractivity (Wildman–Crippen MR) is 114 cm³/mol. The van der Waals surface area contributed by atoms with E-state index in [-0.39, 0.29) is 0 Å². The standard InChI is InChI=1S/C23H17BN2O2/c27-24(28)18-7-4-6-16(14-18)17-11-12-21-20(15-17)23-22(10-5-13-25-23)26(21)19-8-2-1-3-9-19/h1-15,27-28H. The fourth-order valence-corrected chi connectivity index (χ4v) is 3.75. The van der Waals surface area contributed by atoms with E-state index in [1.165, 1.54) is 0 Å². The molecule has 2 aromatic heterocycles. The third-order valence-electron chi connectivity index (χ3n) is 5.05. The highest BCUT2D eigenvalue weighted by Crippen LogP contribution is 2.33. The predicted octanol–water partition coefficient (Wildman–Crippen LogP) is 3.53. The van der Waals surface area contributed by atoms with Gasteiger partial charge >= 0.3 is 7.12 Å². The van der Waals surface area contributed by atoms with Crippen LogP contribution in [0.15, 0.2) is 91.1 Å². The topological polar surface area (TPSA) is 58.3 Å². The van der Waals surface area contributed by atoms with E-state index in [4.69, 9.17) is 0 Å². The van der Waals surface area contributed by atoms with Gasteiger partial charge in [-0.2, -0.15) is 0 Å². The Kier molecular flexibility index (Phi) is 3.97. The second kappa shape index (κ2) is 6.64. The Morgan fingerprint density at radius 3 is 2.36 bits per heavy atom. The van der Waals surface area contributed by atoms with Crippen molar-refractivity contribution < 1.29 is 10.0 Å². The molecule has 28 heavy (non-hydrogen) atoms. The molecule has 0 saturated carbocycles. The van der Waals surface area contributed by atoms with E-state index in [9.17, 15) is 10.0 Å². The van der Waals surface area contributed by atoms with Crippen molar-refractivity contribution in [3.63, 3.8) is 0 Å². The maximum absolute atomic E-state index is 9.48. The van der Waals surface area contributed by atoms with Gasteiger partial charge in [-0.1, -0.05) is 48.5 Å². The highest BCUT2D eigenvalue weighted by atomic mass is 16.4. The molecule has 0 aliphatic carbocycles. The molecule has 0 aliphatic heterocycles. The zero-order chi connectivity index (χ0) is 19.1. The zero-order valence-electron chi connectivity index (χ0n) is 15.0. The van der Waals surface area contributed by atoms with Gasteiger partial charge in [-0.05, 0) is 53.0 Å². The van der Waals surface area contributed by atoms with Gasteiger partial charge in [-0.3, -0.25) is 4.98 Å². The first kappa shape index (κ1) is 16.7. The van der Waals surface area contributed by atoms with Crippen LogP contribution in [0.3, 0.4) is 0 Å². The SMILES string of the molecule is OB(O)c1cccc(-c2ccc3c(c2)c2ncccc2n3-c2ccccc2)c1. The maximum atomic E-state index is 9.48. The number of benzene rings is 3. The molecule has 0 aliphatic rings. The normalized spacial score (nSPS) is 11.2. The van der Waals surface area contributed by atoms with Crippen LogP contribution >= 0.6 is 0 Å². The van der Waals surface area contributed by atoms with Crippen LogP contribution < -0.4 is 5.46 Å². The average molecular weight is 364 g/mol. The first-order valence-corrected chi connectivity index (χ1v) is 9.13. The molecule has 4 nitrogen and oxygen atoms in total. The summed E-state index contributed by atoms with van der Waals surface area (Å²) < 4.78 is 2.22. The summed E-state index contributed by atoms with van der Waals surface area (Å²) in [6.45, 7) is 0. The Bertz CT molecular complexity index is 1300. The van der Waals surface area contributed by atoms with Crippen LogP contribution in [0.5, 0.6) is 0 Å². The van der Waals surface area contributed by atoms with Crippen LogP contribution in [0.4, 0.5) is 0 Å². The first-order valence-electron chi connectivity index (χ1n) is 9.13. The minimum atomic E-state index is -1.48. The van der Waals surface area contributed by atoms with Crippen LogP contribution in [-0.4, -0.2) is 26.7 Å². The van der Waals surface area contributed by atoms with Gasteiger partial charge < -0.3 is 14.6 Å². The number of nitrogens with zero attached hydrogens (tertiary/aromatic N) is 2. The number of hydrogen-bond donors (Lipinski definition) is 2. The van der Waals surface area contributed by atoms with E-state index in [0.29, 0.717) is 5.46 Å². The number of para-hydroxylation sites is 1. The van der Waals surface area contributed by atoms with Crippen molar-refractivity contribution in [2.75, 3.05) is 0 Å². The average Bonchev–Trinajstić information content (AvgIpc) is 3.08. The molecule has 5 heteroatoms. The van der Waals surface area contributed by atoms with Crippen LogP contribution in [0.25, 0.3) is 38.8 Å². The summed E-state index contributed by atoms with van der Waals surface area (Å²) in [6, 6.07) is 27.9. The lowest BCUT2D eigenvalue weighted by molar-refractivity contribution is 0.426. The van der Waals surface area contributed by atoms with Crippen molar-refractivity contribution in [1.29, 1.82) is 0 Å². The van der Waals surface area contributed by atoms with Crippen LogP contribution in [0.2, 0.25) is 0 Å². The summed E-state index contributed by atoms with van der Waals surface area (Å²) in [5, 5.41) is 20.0. The number of fused-ring (bicyclic) bond motifs is 3. The monoisotopic (exact) mass is 364 g/mol. The highest BCUT2D eigenvalue weighted by molar-refractivity contribution is 6.58. The minimum absolute atomic E-state index is 0.474. The summed E-state index contributed by atoms with van der Waals surface area (Å²) in [5.74, 6) is 0. The molecule has 2 heterocycles. The molecule has 3 aromatic carbocycles. The molecular formula is C23H17BN2O2. The number of pyridine rings is 1. The first-order chi connectivity index (χ1) is 13.7. The van der Waals surface area contributed by atoms with Gasteiger partial charge in [0.25, 0.3) is 0 Å². The molecule has 0 radical (unpaired) electrons. The zero-order valence-corrected chi connectivity index (χ0v) is 15.0. The van der Waals surface area contributed by atoms with Crippen LogP contribution in [-0.2, 0) is 0 Å². The fourth-order valence-electron chi connectivity index (χ4n) is 3.75. The van der Waals surface area contributed by atoms with Crippen molar-refractivity contribution in [2.24, 2.45) is 0 Å². The van der Waals surface area contributed by atoms with Gasteiger partial charge in [-0.15, -0.1) is 0 Å². The summed E-state index contributed by atoms with van der Waals surface area (Å²) in [5.41, 5.74) is 6.59. The largest absolute Gasteiger partial charge is 0.488 e. The van der Waals surface area contributed by atoms with Crippen LogP contribution in [0.1, 0.15) is 0 Å². The summed E-state index contributed by atoms with van der Waals surface area (Å²) in [6.07, 6.45) is 1.81. The van der Waals surface area contributed by atoms with E-state index in [1.54, 1.807) is 12.1 Å². The lowest BCUT2D eigenvalue weighted by Gasteiger charge is -2.08. The molecule has 5 rings (SSSR count). The highest BCUT2D eigenvalue weighted by Gasteiger charge is 2.15. The third-order valence-corrected chi connectivity index (χ3v) is 5.05. The molecule has 0 amide bonds. The minimum Gasteiger partial charge on any atom is -0.423 e. The van der Waals surface area contributed by atoms with Crippen molar-refractivity contribution in [1.82, 2.24) is 9.55 Å². The summed E-state index contributed by atoms with van der Waals surface area (Å²) >= 11 is 0. The Labute approximate surface area is 162 Å². The van der Waals surface area contributed by atoms with Crippen molar-refractivity contribution in [3.05, 3.63) is 91.1 Å². The third kappa shape index (κ3) is 2.69. The van der Waals surface area contributed by atoms with E-state index in [0.717, 1.165) is 38.8 Å². The smallest absolute Gasteiger partial charge is 0.423 e. The van der Waals surface area contributed by atoms with E-state index >= 15 is 0 Å². The van der Waals surface area contributed by atoms with Crippen molar-refractivity contribution in [2.45, 2.75) is 0 Å². The fraction of sp³-hybridized carbons (Fsp3) is 0. The molecule has 0 spiro atoms. The lowest BCUT2D eigenvalue weighted by Crippen LogP contribution is -2.29. The Morgan fingerprint density at radius 1 is 0.714 bits per heavy atom. The van der Waals surface area contributed by atoms with Crippen molar-refractivity contribution in [3.8, 4) is 16.8 Å². The molecule has 2 N–H and O–H groups in total. The number of rotatable bonds is 3.